The molecule has 1 aromatic carbocycles. The average molecular weight is 336 g/mol. The molecule has 1 nitrogen and oxygen atoms in total. The standard InChI is InChI=1S/C17H21F5O/c1-14(2,3)10-7-8-12(15(4,5)6)11(9-10)13(23)16(18,19)17(20,21)22/h7-9H,1-6H3. The van der Waals surface area contributed by atoms with Crippen molar-refractivity contribution in [3.05, 3.63) is 34.9 Å². The van der Waals surface area contributed by atoms with E-state index in [0.717, 1.165) is 6.07 Å². The molecule has 0 aliphatic rings. The molecule has 0 amide bonds. The fourth-order valence-electron chi connectivity index (χ4n) is 2.15. The van der Waals surface area contributed by atoms with Crippen LogP contribution >= 0.6 is 0 Å². The molecular weight excluding hydrogens is 315 g/mol. The van der Waals surface area contributed by atoms with Gasteiger partial charge in [-0.2, -0.15) is 22.0 Å². The molecule has 23 heavy (non-hydrogen) atoms. The lowest BCUT2D eigenvalue weighted by molar-refractivity contribution is -0.255. The van der Waals surface area contributed by atoms with Gasteiger partial charge in [-0.15, -0.1) is 0 Å². The van der Waals surface area contributed by atoms with E-state index in [0.29, 0.717) is 5.56 Å². The van der Waals surface area contributed by atoms with Crippen molar-refractivity contribution in [3.8, 4) is 0 Å². The molecule has 0 aromatic heterocycles. The summed E-state index contributed by atoms with van der Waals surface area (Å²) >= 11 is 0. The number of benzene rings is 1. The number of hydrogen-bond acceptors (Lipinski definition) is 1. The van der Waals surface area contributed by atoms with Gasteiger partial charge in [0.1, 0.15) is 0 Å². The zero-order chi connectivity index (χ0) is 18.4. The second-order valence-corrected chi connectivity index (χ2v) is 7.66. The first-order valence-corrected chi connectivity index (χ1v) is 7.14. The van der Waals surface area contributed by atoms with Gasteiger partial charge in [0.25, 0.3) is 0 Å². The van der Waals surface area contributed by atoms with Crippen LogP contribution in [-0.2, 0) is 10.8 Å². The number of Topliss-reactive ketones (excluding diaryl/α,β-unsaturated/α-hetero) is 1. The monoisotopic (exact) mass is 336 g/mol. The highest BCUT2D eigenvalue weighted by Crippen LogP contribution is 2.40. The van der Waals surface area contributed by atoms with E-state index in [2.05, 4.69) is 0 Å². The summed E-state index contributed by atoms with van der Waals surface area (Å²) in [6.07, 6.45) is -5.92. The minimum atomic E-state index is -5.92. The van der Waals surface area contributed by atoms with E-state index in [1.165, 1.54) is 6.07 Å². The maximum absolute atomic E-state index is 13.5. The van der Waals surface area contributed by atoms with Crippen molar-refractivity contribution in [2.45, 2.75) is 64.5 Å². The molecule has 0 saturated carbocycles. The highest BCUT2D eigenvalue weighted by atomic mass is 19.4. The Labute approximate surface area is 132 Å². The Morgan fingerprint density at radius 1 is 0.826 bits per heavy atom. The first-order chi connectivity index (χ1) is 9.99. The van der Waals surface area contributed by atoms with Gasteiger partial charge < -0.3 is 0 Å². The van der Waals surface area contributed by atoms with Crippen LogP contribution < -0.4 is 0 Å². The molecule has 1 rings (SSSR count). The van der Waals surface area contributed by atoms with E-state index in [-0.39, 0.29) is 5.56 Å². The van der Waals surface area contributed by atoms with Gasteiger partial charge in [0.05, 0.1) is 0 Å². The van der Waals surface area contributed by atoms with Gasteiger partial charge >= 0.3 is 12.1 Å². The van der Waals surface area contributed by atoms with Crippen LogP contribution in [0.2, 0.25) is 0 Å². The van der Waals surface area contributed by atoms with Crippen LogP contribution in [0.15, 0.2) is 18.2 Å². The third-order valence-electron chi connectivity index (χ3n) is 3.58. The van der Waals surface area contributed by atoms with Crippen molar-refractivity contribution < 1.29 is 26.7 Å². The maximum Gasteiger partial charge on any atom is 0.461 e. The number of alkyl halides is 5. The lowest BCUT2D eigenvalue weighted by Crippen LogP contribution is -2.45. The summed E-state index contributed by atoms with van der Waals surface area (Å²) < 4.78 is 64.7. The Morgan fingerprint density at radius 2 is 1.30 bits per heavy atom. The van der Waals surface area contributed by atoms with Crippen LogP contribution in [-0.4, -0.2) is 17.9 Å². The largest absolute Gasteiger partial charge is 0.461 e. The summed E-state index contributed by atoms with van der Waals surface area (Å²) in [5.74, 6) is -7.62. The van der Waals surface area contributed by atoms with Gasteiger partial charge in [-0.05, 0) is 28.0 Å². The quantitative estimate of drug-likeness (QED) is 0.503. The summed E-state index contributed by atoms with van der Waals surface area (Å²) in [4.78, 5) is 12.0. The number of rotatable bonds is 2. The summed E-state index contributed by atoms with van der Waals surface area (Å²) in [6.45, 7) is 10.3. The molecule has 6 heteroatoms. The third-order valence-corrected chi connectivity index (χ3v) is 3.58. The molecule has 0 spiro atoms. The highest BCUT2D eigenvalue weighted by molar-refractivity contribution is 6.03. The van der Waals surface area contributed by atoms with Gasteiger partial charge in [0.2, 0.25) is 5.78 Å². The molecule has 1 aromatic rings. The van der Waals surface area contributed by atoms with Gasteiger partial charge in [-0.1, -0.05) is 53.7 Å². The Kier molecular flexibility index (Phi) is 4.74. The SMILES string of the molecule is CC(C)(C)c1ccc(C(C)(C)C)c(C(=O)C(F)(F)C(F)(F)F)c1. The van der Waals surface area contributed by atoms with E-state index in [1.54, 1.807) is 47.6 Å². The van der Waals surface area contributed by atoms with Crippen molar-refractivity contribution in [3.63, 3.8) is 0 Å². The second kappa shape index (κ2) is 5.56. The zero-order valence-electron chi connectivity index (χ0n) is 14.0. The number of hydrogen-bond donors (Lipinski definition) is 0. The van der Waals surface area contributed by atoms with Crippen molar-refractivity contribution >= 4 is 5.78 Å². The fourth-order valence-corrected chi connectivity index (χ4v) is 2.15. The predicted molar refractivity (Wildman–Crippen MR) is 79.2 cm³/mol. The molecule has 0 atom stereocenters. The van der Waals surface area contributed by atoms with Gasteiger partial charge in [-0.3, -0.25) is 4.79 Å². The number of halogens is 5. The van der Waals surface area contributed by atoms with E-state index in [9.17, 15) is 26.7 Å². The molecule has 0 unspecified atom stereocenters. The first-order valence-electron chi connectivity index (χ1n) is 7.14. The van der Waals surface area contributed by atoms with Gasteiger partial charge in [-0.25, -0.2) is 0 Å². The number of carbonyl (C=O) groups is 1. The second-order valence-electron chi connectivity index (χ2n) is 7.66. The molecule has 0 N–H and O–H groups in total. The number of carbonyl (C=O) groups excluding carboxylic acids is 1. The lowest BCUT2D eigenvalue weighted by Gasteiger charge is -2.28. The first kappa shape index (κ1) is 19.6. The zero-order valence-corrected chi connectivity index (χ0v) is 14.0. The molecule has 0 saturated heterocycles. The number of ketones is 1. The van der Waals surface area contributed by atoms with Gasteiger partial charge in [0, 0.05) is 5.56 Å². The van der Waals surface area contributed by atoms with Crippen molar-refractivity contribution in [2.24, 2.45) is 0 Å². The Hall–Kier alpha value is -1.46. The molecule has 130 valence electrons. The molecular formula is C17H21F5O. The highest BCUT2D eigenvalue weighted by Gasteiger charge is 2.63. The molecule has 0 aliphatic heterocycles. The minimum Gasteiger partial charge on any atom is -0.287 e. The molecule has 0 heterocycles. The van der Waals surface area contributed by atoms with Crippen LogP contribution in [0.1, 0.15) is 63.0 Å². The molecule has 0 radical (unpaired) electrons. The van der Waals surface area contributed by atoms with Crippen LogP contribution in [0.3, 0.4) is 0 Å². The van der Waals surface area contributed by atoms with Crippen molar-refractivity contribution in [1.82, 2.24) is 0 Å². The summed E-state index contributed by atoms with van der Waals surface area (Å²) in [6, 6.07) is 4.27. The molecule has 0 aliphatic carbocycles. The van der Waals surface area contributed by atoms with Crippen LogP contribution in [0.4, 0.5) is 22.0 Å². The van der Waals surface area contributed by atoms with Gasteiger partial charge in [0.15, 0.2) is 0 Å². The van der Waals surface area contributed by atoms with Crippen LogP contribution in [0.25, 0.3) is 0 Å². The smallest absolute Gasteiger partial charge is 0.287 e. The summed E-state index contributed by atoms with van der Waals surface area (Å²) in [5.41, 5.74) is -1.12. The topological polar surface area (TPSA) is 17.1 Å². The normalized spacial score (nSPS) is 14.0. The third kappa shape index (κ3) is 3.90. The molecule has 0 fully saturated rings. The summed E-state index contributed by atoms with van der Waals surface area (Å²) in [7, 11) is 0. The van der Waals surface area contributed by atoms with Crippen molar-refractivity contribution in [1.29, 1.82) is 0 Å². The van der Waals surface area contributed by atoms with Crippen molar-refractivity contribution in [2.75, 3.05) is 0 Å². The average Bonchev–Trinajstić information content (AvgIpc) is 2.33. The Balaban J connectivity index is 3.63. The minimum absolute atomic E-state index is 0.166. The van der Waals surface area contributed by atoms with Crippen LogP contribution in [0.5, 0.6) is 0 Å². The van der Waals surface area contributed by atoms with E-state index in [1.807, 2.05) is 0 Å². The Morgan fingerprint density at radius 3 is 1.65 bits per heavy atom. The van der Waals surface area contributed by atoms with E-state index >= 15 is 0 Å². The summed E-state index contributed by atoms with van der Waals surface area (Å²) in [5, 5.41) is 0. The lowest BCUT2D eigenvalue weighted by atomic mass is 9.78. The van der Waals surface area contributed by atoms with E-state index in [4.69, 9.17) is 0 Å². The van der Waals surface area contributed by atoms with Crippen LogP contribution in [0, 0.1) is 0 Å². The maximum atomic E-state index is 13.5. The Bertz CT molecular complexity index is 601. The molecule has 0 bridgehead atoms. The predicted octanol–water partition coefficient (Wildman–Crippen LogP) is 5.66. The van der Waals surface area contributed by atoms with E-state index < -0.39 is 34.3 Å². The fraction of sp³-hybridized carbons (Fsp3) is 0.588.